The van der Waals surface area contributed by atoms with Crippen LogP contribution in [0, 0.1) is 0 Å². The first-order valence-electron chi connectivity index (χ1n) is 11.0. The van der Waals surface area contributed by atoms with Crippen LogP contribution in [0.15, 0.2) is 58.2 Å². The molecule has 34 heavy (non-hydrogen) atoms. The number of hydrogen-bond acceptors (Lipinski definition) is 8. The molecule has 0 spiro atoms. The highest BCUT2D eigenvalue weighted by atomic mass is 32.2. The Balaban J connectivity index is 1.70. The van der Waals surface area contributed by atoms with Crippen molar-refractivity contribution in [2.45, 2.75) is 30.3 Å². The molecule has 0 radical (unpaired) electrons. The number of nitrogens with zero attached hydrogens (tertiary/aromatic N) is 4. The molecule has 4 N–H and O–H groups in total. The third-order valence-corrected chi connectivity index (χ3v) is 7.10. The van der Waals surface area contributed by atoms with Gasteiger partial charge in [0.2, 0.25) is 10.0 Å². The molecule has 2 aromatic heterocycles. The molecule has 4 aromatic rings. The summed E-state index contributed by atoms with van der Waals surface area (Å²) in [5, 5.41) is 14.8. The van der Waals surface area contributed by atoms with Crippen LogP contribution in [-0.2, 0) is 16.6 Å². The van der Waals surface area contributed by atoms with Crippen LogP contribution in [0.25, 0.3) is 22.2 Å². The van der Waals surface area contributed by atoms with E-state index >= 15 is 0 Å². The van der Waals surface area contributed by atoms with E-state index in [4.69, 9.17) is 20.1 Å². The third kappa shape index (κ3) is 4.13. The number of aromatic nitrogens is 3. The van der Waals surface area contributed by atoms with Gasteiger partial charge in [-0.15, -0.1) is 0 Å². The summed E-state index contributed by atoms with van der Waals surface area (Å²) >= 11 is 0. The monoisotopic (exact) mass is 482 g/mol. The minimum absolute atomic E-state index is 0.0160. The molecular formula is C23H26N6O4S. The van der Waals surface area contributed by atoms with Crippen LogP contribution in [0.4, 0.5) is 5.69 Å². The molecule has 1 aliphatic rings. The second-order valence-electron chi connectivity index (χ2n) is 8.43. The predicted octanol–water partition coefficient (Wildman–Crippen LogP) is 2.32. The van der Waals surface area contributed by atoms with Crippen molar-refractivity contribution in [2.75, 3.05) is 25.1 Å². The highest BCUT2D eigenvalue weighted by Gasteiger charge is 2.28. The van der Waals surface area contributed by atoms with E-state index < -0.39 is 10.0 Å². The van der Waals surface area contributed by atoms with Gasteiger partial charge in [0.05, 0.1) is 23.9 Å². The number of benzene rings is 2. The number of rotatable bonds is 6. The van der Waals surface area contributed by atoms with Gasteiger partial charge >= 0.3 is 0 Å². The number of anilines is 1. The van der Waals surface area contributed by atoms with Gasteiger partial charge in [-0.25, -0.2) is 13.6 Å². The second-order valence-corrected chi connectivity index (χ2v) is 9.96. The Morgan fingerprint density at radius 1 is 1.21 bits per heavy atom. The molecule has 0 aliphatic carbocycles. The summed E-state index contributed by atoms with van der Waals surface area (Å²) in [5.41, 5.74) is 8.96. The van der Waals surface area contributed by atoms with E-state index in [-0.39, 0.29) is 10.9 Å². The first-order valence-corrected chi connectivity index (χ1v) is 12.5. The standard InChI is InChI=1S/C23H26N6O4S/c1-32-18-12-15(14-29-9-3-8-26-29)13-19-22(18)23(27-33-19)21-17(28-10-6-16(24)7-11-28)4-2-5-20(21)34(25,30)31/h2-5,8-9,12-13,16H,6-7,10-11,14,24H2,1H3,(H2,25,30,31). The molecule has 178 valence electrons. The van der Waals surface area contributed by atoms with Gasteiger partial charge < -0.3 is 19.9 Å². The van der Waals surface area contributed by atoms with E-state index in [0.29, 0.717) is 47.6 Å². The Morgan fingerprint density at radius 3 is 2.68 bits per heavy atom. The quantitative estimate of drug-likeness (QED) is 0.426. The number of nitrogens with two attached hydrogens (primary N) is 2. The second kappa shape index (κ2) is 8.75. The smallest absolute Gasteiger partial charge is 0.238 e. The molecule has 0 atom stereocenters. The molecule has 5 rings (SSSR count). The van der Waals surface area contributed by atoms with Crippen molar-refractivity contribution in [1.29, 1.82) is 0 Å². The van der Waals surface area contributed by atoms with E-state index in [0.717, 1.165) is 24.1 Å². The zero-order valence-corrected chi connectivity index (χ0v) is 19.5. The Kier molecular flexibility index (Phi) is 5.76. The van der Waals surface area contributed by atoms with Crippen molar-refractivity contribution in [2.24, 2.45) is 10.9 Å². The zero-order valence-electron chi connectivity index (χ0n) is 18.7. The van der Waals surface area contributed by atoms with Gasteiger partial charge in [-0.2, -0.15) is 5.10 Å². The number of ether oxygens (including phenoxy) is 1. The topological polar surface area (TPSA) is 142 Å². The van der Waals surface area contributed by atoms with Crippen LogP contribution < -0.4 is 20.5 Å². The highest BCUT2D eigenvalue weighted by molar-refractivity contribution is 7.89. The molecule has 10 nitrogen and oxygen atoms in total. The molecule has 0 saturated carbocycles. The average molecular weight is 483 g/mol. The maximum atomic E-state index is 12.6. The van der Waals surface area contributed by atoms with Crippen molar-refractivity contribution >= 4 is 26.7 Å². The van der Waals surface area contributed by atoms with Gasteiger partial charge in [-0.3, -0.25) is 4.68 Å². The van der Waals surface area contributed by atoms with E-state index in [1.807, 2.05) is 30.5 Å². The Bertz CT molecular complexity index is 1420. The maximum Gasteiger partial charge on any atom is 0.238 e. The van der Waals surface area contributed by atoms with E-state index in [9.17, 15) is 8.42 Å². The molecule has 0 unspecified atom stereocenters. The molecule has 2 aromatic carbocycles. The maximum absolute atomic E-state index is 12.6. The molecule has 1 saturated heterocycles. The molecule has 11 heteroatoms. The number of sulfonamides is 1. The lowest BCUT2D eigenvalue weighted by atomic mass is 10.00. The molecule has 1 aliphatic heterocycles. The van der Waals surface area contributed by atoms with Gasteiger partial charge in [-0.05, 0) is 48.7 Å². The van der Waals surface area contributed by atoms with Crippen molar-refractivity contribution in [3.05, 3.63) is 54.4 Å². The molecular weight excluding hydrogens is 456 g/mol. The lowest BCUT2D eigenvalue weighted by Crippen LogP contribution is -2.40. The van der Waals surface area contributed by atoms with Gasteiger partial charge in [0.25, 0.3) is 0 Å². The zero-order chi connectivity index (χ0) is 23.9. The van der Waals surface area contributed by atoms with Crippen LogP contribution >= 0.6 is 0 Å². The van der Waals surface area contributed by atoms with Crippen LogP contribution in [0.3, 0.4) is 0 Å². The Labute approximate surface area is 197 Å². The predicted molar refractivity (Wildman–Crippen MR) is 128 cm³/mol. The van der Waals surface area contributed by atoms with E-state index in [1.54, 1.807) is 24.1 Å². The summed E-state index contributed by atoms with van der Waals surface area (Å²) in [6.45, 7) is 1.91. The third-order valence-electron chi connectivity index (χ3n) is 6.15. The minimum Gasteiger partial charge on any atom is -0.496 e. The summed E-state index contributed by atoms with van der Waals surface area (Å²) in [6, 6.07) is 10.8. The van der Waals surface area contributed by atoms with E-state index in [1.165, 1.54) is 6.07 Å². The molecule has 0 amide bonds. The lowest BCUT2D eigenvalue weighted by Gasteiger charge is -2.33. The number of primary sulfonamides is 1. The fraction of sp³-hybridized carbons (Fsp3) is 0.304. The van der Waals surface area contributed by atoms with Crippen LogP contribution in [0.2, 0.25) is 0 Å². The Morgan fingerprint density at radius 2 is 2.00 bits per heavy atom. The number of fused-ring (bicyclic) bond motifs is 1. The summed E-state index contributed by atoms with van der Waals surface area (Å²) in [6.07, 6.45) is 5.18. The normalized spacial score (nSPS) is 15.2. The highest BCUT2D eigenvalue weighted by Crippen LogP contribution is 2.43. The van der Waals surface area contributed by atoms with Crippen molar-refractivity contribution in [3.8, 4) is 17.0 Å². The van der Waals surface area contributed by atoms with E-state index in [2.05, 4.69) is 15.2 Å². The number of methoxy groups -OCH3 is 1. The molecule has 3 heterocycles. The molecule has 0 bridgehead atoms. The largest absolute Gasteiger partial charge is 0.496 e. The molecule has 1 fully saturated rings. The van der Waals surface area contributed by atoms with Gasteiger partial charge in [-0.1, -0.05) is 11.2 Å². The summed E-state index contributed by atoms with van der Waals surface area (Å²) < 4.78 is 38.4. The van der Waals surface area contributed by atoms with Crippen LogP contribution in [0.5, 0.6) is 5.75 Å². The Hall–Kier alpha value is -3.41. The number of piperidine rings is 1. The van der Waals surface area contributed by atoms with Crippen LogP contribution in [0.1, 0.15) is 18.4 Å². The van der Waals surface area contributed by atoms with Gasteiger partial charge in [0, 0.05) is 42.8 Å². The summed E-state index contributed by atoms with van der Waals surface area (Å²) in [7, 11) is -2.49. The lowest BCUT2D eigenvalue weighted by molar-refractivity contribution is 0.418. The van der Waals surface area contributed by atoms with Crippen LogP contribution in [-0.4, -0.2) is 49.6 Å². The first kappa shape index (κ1) is 22.4. The van der Waals surface area contributed by atoms with Gasteiger partial charge in [0.15, 0.2) is 5.58 Å². The van der Waals surface area contributed by atoms with Crippen molar-refractivity contribution < 1.29 is 17.7 Å². The first-order chi connectivity index (χ1) is 16.3. The SMILES string of the molecule is COc1cc(Cn2cccn2)cc2onc(-c3c(N4CCC(N)CC4)cccc3S(N)(=O)=O)c12. The summed E-state index contributed by atoms with van der Waals surface area (Å²) in [4.78, 5) is 2.10. The fourth-order valence-corrected chi connectivity index (χ4v) is 5.25. The minimum atomic E-state index is -4.05. The van der Waals surface area contributed by atoms with Crippen molar-refractivity contribution in [3.63, 3.8) is 0 Å². The summed E-state index contributed by atoms with van der Waals surface area (Å²) in [5.74, 6) is 0.520. The van der Waals surface area contributed by atoms with Crippen molar-refractivity contribution in [1.82, 2.24) is 14.9 Å². The fourth-order valence-electron chi connectivity index (χ4n) is 4.49. The number of hydrogen-bond donors (Lipinski definition) is 2. The van der Waals surface area contributed by atoms with Gasteiger partial charge in [0.1, 0.15) is 11.4 Å². The average Bonchev–Trinajstić information content (AvgIpc) is 3.48.